The highest BCUT2D eigenvalue weighted by Crippen LogP contribution is 2.14. The Labute approximate surface area is 135 Å². The molecule has 0 unspecified atom stereocenters. The Bertz CT molecular complexity index is 666. The summed E-state index contributed by atoms with van der Waals surface area (Å²) in [4.78, 5) is 25.5. The smallest absolute Gasteiger partial charge is 0.326 e. The first-order chi connectivity index (χ1) is 11.0. The number of aliphatic carboxylic acids is 1. The predicted molar refractivity (Wildman–Crippen MR) is 89.8 cm³/mol. The molecule has 120 valence electrons. The molecule has 2 aromatic carbocycles. The Balaban J connectivity index is 2.07. The monoisotopic (exact) mass is 312 g/mol. The Hall–Kier alpha value is -2.82. The van der Waals surface area contributed by atoms with Crippen LogP contribution in [0, 0.1) is 0 Å². The molecule has 23 heavy (non-hydrogen) atoms. The zero-order valence-electron chi connectivity index (χ0n) is 13.2. The molecule has 0 aliphatic heterocycles. The molecule has 2 aromatic rings. The molecule has 1 atom stereocenters. The predicted octanol–water partition coefficient (Wildman–Crippen LogP) is 2.18. The number of amides is 1. The van der Waals surface area contributed by atoms with E-state index in [-0.39, 0.29) is 12.3 Å². The van der Waals surface area contributed by atoms with E-state index < -0.39 is 12.0 Å². The molecule has 2 rings (SSSR count). The van der Waals surface area contributed by atoms with Crippen molar-refractivity contribution in [3.63, 3.8) is 0 Å². The summed E-state index contributed by atoms with van der Waals surface area (Å²) in [6.07, 6.45) is 0.238. The SMILES string of the molecule is CN(C)c1ccc(C[C@H](NC(=O)c2ccccc2)C(=O)O)cc1. The second kappa shape index (κ2) is 7.45. The van der Waals surface area contributed by atoms with E-state index in [9.17, 15) is 14.7 Å². The van der Waals surface area contributed by atoms with Gasteiger partial charge in [0.25, 0.3) is 5.91 Å². The van der Waals surface area contributed by atoms with Crippen molar-refractivity contribution in [1.82, 2.24) is 5.32 Å². The third kappa shape index (κ3) is 4.57. The zero-order chi connectivity index (χ0) is 16.8. The second-order valence-corrected chi connectivity index (χ2v) is 5.50. The van der Waals surface area contributed by atoms with Gasteiger partial charge >= 0.3 is 5.97 Å². The Kier molecular flexibility index (Phi) is 5.36. The Morgan fingerprint density at radius 3 is 2.17 bits per heavy atom. The molecule has 0 fully saturated rings. The lowest BCUT2D eigenvalue weighted by molar-refractivity contribution is -0.139. The molecule has 0 aromatic heterocycles. The minimum atomic E-state index is -1.05. The average molecular weight is 312 g/mol. The lowest BCUT2D eigenvalue weighted by Gasteiger charge is -2.16. The summed E-state index contributed by atoms with van der Waals surface area (Å²) in [6.45, 7) is 0. The van der Waals surface area contributed by atoms with Gasteiger partial charge in [-0.25, -0.2) is 4.79 Å². The molecule has 0 bridgehead atoms. The van der Waals surface area contributed by atoms with Crippen LogP contribution in [0.25, 0.3) is 0 Å². The number of benzene rings is 2. The highest BCUT2D eigenvalue weighted by molar-refractivity contribution is 5.96. The number of nitrogens with zero attached hydrogens (tertiary/aromatic N) is 1. The van der Waals surface area contributed by atoms with Crippen molar-refractivity contribution in [3.8, 4) is 0 Å². The average Bonchev–Trinajstić information content (AvgIpc) is 2.55. The fraction of sp³-hybridized carbons (Fsp3) is 0.222. The second-order valence-electron chi connectivity index (χ2n) is 5.50. The van der Waals surface area contributed by atoms with E-state index in [2.05, 4.69) is 5.32 Å². The number of nitrogens with one attached hydrogen (secondary N) is 1. The summed E-state index contributed by atoms with van der Waals surface area (Å²) in [5.41, 5.74) is 2.34. The van der Waals surface area contributed by atoms with Crippen molar-refractivity contribution >= 4 is 17.6 Å². The molecule has 2 N–H and O–H groups in total. The van der Waals surface area contributed by atoms with Crippen LogP contribution in [0.15, 0.2) is 54.6 Å². The lowest BCUT2D eigenvalue weighted by atomic mass is 10.0. The molecule has 0 saturated carbocycles. The quantitative estimate of drug-likeness (QED) is 0.858. The maximum absolute atomic E-state index is 12.1. The van der Waals surface area contributed by atoms with E-state index >= 15 is 0 Å². The van der Waals surface area contributed by atoms with Crippen LogP contribution in [0.5, 0.6) is 0 Å². The van der Waals surface area contributed by atoms with Crippen LogP contribution in [0.4, 0.5) is 5.69 Å². The minimum Gasteiger partial charge on any atom is -0.480 e. The maximum Gasteiger partial charge on any atom is 0.326 e. The third-order valence-electron chi connectivity index (χ3n) is 3.53. The summed E-state index contributed by atoms with van der Waals surface area (Å²) in [5.74, 6) is -1.44. The fourth-order valence-electron chi connectivity index (χ4n) is 2.20. The molecule has 5 nitrogen and oxygen atoms in total. The number of hydrogen-bond acceptors (Lipinski definition) is 3. The van der Waals surface area contributed by atoms with Gasteiger partial charge in [-0.15, -0.1) is 0 Å². The number of carboxylic acid groups (broad SMARTS) is 1. The number of hydrogen-bond donors (Lipinski definition) is 2. The van der Waals surface area contributed by atoms with Crippen molar-refractivity contribution in [2.45, 2.75) is 12.5 Å². The molecule has 0 aliphatic rings. The summed E-state index contributed by atoms with van der Waals surface area (Å²) in [5, 5.41) is 11.9. The van der Waals surface area contributed by atoms with E-state index in [1.807, 2.05) is 43.3 Å². The van der Waals surface area contributed by atoms with E-state index in [0.717, 1.165) is 11.3 Å². The molecule has 0 heterocycles. The first-order valence-electron chi connectivity index (χ1n) is 7.32. The largest absolute Gasteiger partial charge is 0.480 e. The summed E-state index contributed by atoms with van der Waals surface area (Å²) in [6, 6.07) is 15.2. The summed E-state index contributed by atoms with van der Waals surface area (Å²) in [7, 11) is 3.88. The van der Waals surface area contributed by atoms with Crippen molar-refractivity contribution in [1.29, 1.82) is 0 Å². The fourth-order valence-corrected chi connectivity index (χ4v) is 2.20. The first-order valence-corrected chi connectivity index (χ1v) is 7.32. The zero-order valence-corrected chi connectivity index (χ0v) is 13.2. The van der Waals surface area contributed by atoms with Crippen LogP contribution in [0.3, 0.4) is 0 Å². The standard InChI is InChI=1S/C18H20N2O3/c1-20(2)15-10-8-13(9-11-15)12-16(18(22)23)19-17(21)14-6-4-3-5-7-14/h3-11,16H,12H2,1-2H3,(H,19,21)(H,22,23)/t16-/m0/s1. The van der Waals surface area contributed by atoms with Crippen molar-refractivity contribution in [3.05, 3.63) is 65.7 Å². The molecule has 0 saturated heterocycles. The van der Waals surface area contributed by atoms with Gasteiger partial charge in [0.2, 0.25) is 0 Å². The van der Waals surface area contributed by atoms with Gasteiger partial charge in [-0.2, -0.15) is 0 Å². The molecule has 0 spiro atoms. The minimum absolute atomic E-state index is 0.238. The highest BCUT2D eigenvalue weighted by atomic mass is 16.4. The third-order valence-corrected chi connectivity index (χ3v) is 3.53. The number of carboxylic acids is 1. The van der Waals surface area contributed by atoms with Crippen LogP contribution in [0.2, 0.25) is 0 Å². The van der Waals surface area contributed by atoms with Gasteiger partial charge in [0, 0.05) is 31.8 Å². The van der Waals surface area contributed by atoms with E-state index in [0.29, 0.717) is 5.56 Å². The maximum atomic E-state index is 12.1. The number of carbonyl (C=O) groups is 2. The summed E-state index contributed by atoms with van der Waals surface area (Å²) < 4.78 is 0. The number of anilines is 1. The van der Waals surface area contributed by atoms with Crippen LogP contribution in [-0.2, 0) is 11.2 Å². The normalized spacial score (nSPS) is 11.6. The van der Waals surface area contributed by atoms with E-state index in [1.54, 1.807) is 30.3 Å². The van der Waals surface area contributed by atoms with Crippen molar-refractivity contribution < 1.29 is 14.7 Å². The molecule has 0 radical (unpaired) electrons. The van der Waals surface area contributed by atoms with Crippen molar-refractivity contribution in [2.75, 3.05) is 19.0 Å². The van der Waals surface area contributed by atoms with Crippen LogP contribution in [-0.4, -0.2) is 37.1 Å². The Morgan fingerprint density at radius 2 is 1.65 bits per heavy atom. The van der Waals surface area contributed by atoms with Crippen LogP contribution in [0.1, 0.15) is 15.9 Å². The molecule has 1 amide bonds. The lowest BCUT2D eigenvalue weighted by Crippen LogP contribution is -2.42. The van der Waals surface area contributed by atoms with E-state index in [1.165, 1.54) is 0 Å². The first kappa shape index (κ1) is 16.5. The number of rotatable bonds is 6. The van der Waals surface area contributed by atoms with Gasteiger partial charge in [0.15, 0.2) is 0 Å². The molecule has 5 heteroatoms. The topological polar surface area (TPSA) is 69.6 Å². The van der Waals surface area contributed by atoms with Gasteiger partial charge in [0.1, 0.15) is 6.04 Å². The number of carbonyl (C=O) groups excluding carboxylic acids is 1. The van der Waals surface area contributed by atoms with Gasteiger partial charge < -0.3 is 15.3 Å². The van der Waals surface area contributed by atoms with Gasteiger partial charge in [-0.3, -0.25) is 4.79 Å². The van der Waals surface area contributed by atoms with Crippen LogP contribution < -0.4 is 10.2 Å². The van der Waals surface area contributed by atoms with Gasteiger partial charge in [0.05, 0.1) is 0 Å². The van der Waals surface area contributed by atoms with Gasteiger partial charge in [-0.05, 0) is 29.8 Å². The molecule has 0 aliphatic carbocycles. The molecular formula is C18H20N2O3. The van der Waals surface area contributed by atoms with E-state index in [4.69, 9.17) is 0 Å². The Morgan fingerprint density at radius 1 is 1.04 bits per heavy atom. The van der Waals surface area contributed by atoms with Gasteiger partial charge in [-0.1, -0.05) is 30.3 Å². The summed E-state index contributed by atoms with van der Waals surface area (Å²) >= 11 is 0. The van der Waals surface area contributed by atoms with Crippen molar-refractivity contribution in [2.24, 2.45) is 0 Å². The molecular weight excluding hydrogens is 292 g/mol. The van der Waals surface area contributed by atoms with Crippen LogP contribution >= 0.6 is 0 Å². The highest BCUT2D eigenvalue weighted by Gasteiger charge is 2.21.